The highest BCUT2D eigenvalue weighted by Gasteiger charge is 2.26. The summed E-state index contributed by atoms with van der Waals surface area (Å²) in [7, 11) is 1.76. The van der Waals surface area contributed by atoms with E-state index in [9.17, 15) is 14.0 Å². The zero-order valence-electron chi connectivity index (χ0n) is 23.9. The molecule has 0 spiro atoms. The van der Waals surface area contributed by atoms with Crippen molar-refractivity contribution in [2.45, 2.75) is 39.3 Å². The monoisotopic (exact) mass is 582 g/mol. The van der Waals surface area contributed by atoms with E-state index in [4.69, 9.17) is 21.3 Å². The zero-order valence-corrected chi connectivity index (χ0v) is 24.6. The lowest BCUT2D eigenvalue weighted by molar-refractivity contribution is -0.107. The van der Waals surface area contributed by atoms with Crippen molar-refractivity contribution in [1.82, 2.24) is 14.9 Å². The molecule has 11 heteroatoms. The predicted octanol–water partition coefficient (Wildman–Crippen LogP) is 5.63. The average molecular weight is 583 g/mol. The molecule has 2 heterocycles. The number of rotatable bonds is 9. The summed E-state index contributed by atoms with van der Waals surface area (Å²) < 4.78 is 20.1. The van der Waals surface area contributed by atoms with E-state index >= 15 is 0 Å². The number of amides is 1. The summed E-state index contributed by atoms with van der Waals surface area (Å²) in [6, 6.07) is 12.5. The summed E-state index contributed by atoms with van der Waals surface area (Å²) in [6.07, 6.45) is 2.49. The third kappa shape index (κ3) is 7.85. The van der Waals surface area contributed by atoms with Crippen LogP contribution in [0.2, 0.25) is 5.02 Å². The maximum atomic E-state index is 14.6. The van der Waals surface area contributed by atoms with E-state index < -0.39 is 11.4 Å². The molecule has 0 saturated carbocycles. The number of piperazine rings is 1. The third-order valence-electron chi connectivity index (χ3n) is 6.65. The van der Waals surface area contributed by atoms with Gasteiger partial charge in [-0.25, -0.2) is 19.2 Å². The van der Waals surface area contributed by atoms with Gasteiger partial charge in [0.25, 0.3) is 0 Å². The Morgan fingerprint density at radius 1 is 1.15 bits per heavy atom. The summed E-state index contributed by atoms with van der Waals surface area (Å²) in [5, 5.41) is 3.42. The third-order valence-corrected chi connectivity index (χ3v) is 6.89. The largest absolute Gasteiger partial charge is 0.444 e. The molecule has 1 saturated heterocycles. The maximum Gasteiger partial charge on any atom is 0.410 e. The summed E-state index contributed by atoms with van der Waals surface area (Å²) in [4.78, 5) is 38.8. The lowest BCUT2D eigenvalue weighted by Gasteiger charge is -2.36. The smallest absolute Gasteiger partial charge is 0.410 e. The summed E-state index contributed by atoms with van der Waals surface area (Å²) in [5.41, 5.74) is 2.44. The summed E-state index contributed by atoms with van der Waals surface area (Å²) >= 11 is 5.94. The van der Waals surface area contributed by atoms with Crippen LogP contribution in [-0.2, 0) is 16.1 Å². The molecule has 0 unspecified atom stereocenters. The van der Waals surface area contributed by atoms with Crippen LogP contribution in [0.1, 0.15) is 32.8 Å². The molecule has 1 fully saturated rings. The molecule has 2 aromatic carbocycles. The van der Waals surface area contributed by atoms with Crippen LogP contribution >= 0.6 is 11.6 Å². The number of halogens is 2. The van der Waals surface area contributed by atoms with Crippen molar-refractivity contribution in [3.63, 3.8) is 0 Å². The minimum absolute atomic E-state index is 0.205. The number of aromatic nitrogens is 2. The molecule has 3 aromatic rings. The maximum absolute atomic E-state index is 14.6. The molecule has 9 nitrogen and oxygen atoms in total. The molecular formula is C30H36ClFN6O3. The van der Waals surface area contributed by atoms with Gasteiger partial charge in [-0.15, -0.1) is 0 Å². The fourth-order valence-electron chi connectivity index (χ4n) is 4.55. The molecule has 0 radical (unpaired) electrons. The lowest BCUT2D eigenvalue weighted by Crippen LogP contribution is -2.50. The lowest BCUT2D eigenvalue weighted by atomic mass is 10.1. The Morgan fingerprint density at radius 3 is 2.46 bits per heavy atom. The van der Waals surface area contributed by atoms with Crippen molar-refractivity contribution < 1.29 is 18.7 Å². The van der Waals surface area contributed by atoms with Crippen LogP contribution < -0.4 is 15.1 Å². The Labute approximate surface area is 245 Å². The molecule has 1 amide bonds. The topological polar surface area (TPSA) is 90.9 Å². The molecule has 4 rings (SSSR count). The fraction of sp³-hybridized carbons (Fsp3) is 0.400. The number of anilines is 3. The SMILES string of the molecule is CNc1cnc(-c2ccc(N3CCN(C(=O)OC(C)(C)C)CC3)cc2)nc1N(CCC=O)Cc1ccc(Cl)cc1F. The van der Waals surface area contributed by atoms with Gasteiger partial charge in [-0.05, 0) is 57.2 Å². The molecule has 0 atom stereocenters. The van der Waals surface area contributed by atoms with Gasteiger partial charge >= 0.3 is 6.09 Å². The van der Waals surface area contributed by atoms with Crippen molar-refractivity contribution in [2.75, 3.05) is 54.9 Å². The van der Waals surface area contributed by atoms with Gasteiger partial charge in [-0.1, -0.05) is 17.7 Å². The molecule has 0 aliphatic carbocycles. The van der Waals surface area contributed by atoms with Gasteiger partial charge in [0.15, 0.2) is 11.6 Å². The van der Waals surface area contributed by atoms with E-state index in [2.05, 4.69) is 15.2 Å². The first-order valence-electron chi connectivity index (χ1n) is 13.6. The summed E-state index contributed by atoms with van der Waals surface area (Å²) in [6.45, 7) is 8.71. The first kappa shape index (κ1) is 30.0. The number of ether oxygens (including phenoxy) is 1. The first-order chi connectivity index (χ1) is 19.6. The van der Waals surface area contributed by atoms with Crippen LogP contribution in [0, 0.1) is 5.82 Å². The van der Waals surface area contributed by atoms with Gasteiger partial charge in [0.05, 0.1) is 11.9 Å². The van der Waals surface area contributed by atoms with Crippen LogP contribution in [0.25, 0.3) is 11.4 Å². The highest BCUT2D eigenvalue weighted by molar-refractivity contribution is 6.30. The van der Waals surface area contributed by atoms with Crippen LogP contribution in [0.15, 0.2) is 48.7 Å². The van der Waals surface area contributed by atoms with E-state index in [0.29, 0.717) is 60.6 Å². The Morgan fingerprint density at radius 2 is 1.85 bits per heavy atom. The van der Waals surface area contributed by atoms with Gasteiger partial charge < -0.3 is 29.5 Å². The van der Waals surface area contributed by atoms with Crippen molar-refractivity contribution in [3.8, 4) is 11.4 Å². The van der Waals surface area contributed by atoms with Crippen LogP contribution in [0.3, 0.4) is 0 Å². The molecule has 1 aliphatic heterocycles. The van der Waals surface area contributed by atoms with Crippen molar-refractivity contribution >= 4 is 41.2 Å². The number of nitrogens with one attached hydrogen (secondary N) is 1. The highest BCUT2D eigenvalue weighted by Crippen LogP contribution is 2.29. The Hall–Kier alpha value is -3.92. The molecule has 1 aromatic heterocycles. The Balaban J connectivity index is 1.51. The summed E-state index contributed by atoms with van der Waals surface area (Å²) in [5.74, 6) is 0.653. The zero-order chi connectivity index (χ0) is 29.6. The highest BCUT2D eigenvalue weighted by atomic mass is 35.5. The minimum Gasteiger partial charge on any atom is -0.444 e. The second kappa shape index (κ2) is 13.2. The van der Waals surface area contributed by atoms with E-state index in [1.165, 1.54) is 6.07 Å². The van der Waals surface area contributed by atoms with Gasteiger partial charge in [0.2, 0.25) is 0 Å². The predicted molar refractivity (Wildman–Crippen MR) is 160 cm³/mol. The van der Waals surface area contributed by atoms with Crippen molar-refractivity contribution in [1.29, 1.82) is 0 Å². The first-order valence-corrected chi connectivity index (χ1v) is 14.0. The van der Waals surface area contributed by atoms with E-state index in [1.807, 2.05) is 49.9 Å². The van der Waals surface area contributed by atoms with Gasteiger partial charge in [0, 0.05) is 74.6 Å². The molecular weight excluding hydrogens is 547 g/mol. The standard InChI is InChI=1S/C30H36ClFN6O3/c1-30(2,3)41-29(40)37-15-13-36(14-16-37)24-10-7-21(8-11-24)27-34-19-26(33-4)28(35-27)38(12-5-17-39)20-22-6-9-23(31)18-25(22)32/h6-11,17-19,33H,5,12-16,20H2,1-4H3. The van der Waals surface area contributed by atoms with E-state index in [1.54, 1.807) is 30.3 Å². The molecule has 0 bridgehead atoms. The number of benzene rings is 2. The number of hydrogen-bond donors (Lipinski definition) is 1. The van der Waals surface area contributed by atoms with Crippen LogP contribution in [-0.4, -0.2) is 72.6 Å². The number of hydrogen-bond acceptors (Lipinski definition) is 8. The number of carbonyl (C=O) groups excluding carboxylic acids is 2. The second-order valence-corrected chi connectivity index (χ2v) is 11.2. The van der Waals surface area contributed by atoms with Crippen molar-refractivity contribution in [2.24, 2.45) is 0 Å². The molecule has 1 aliphatic rings. The average Bonchev–Trinajstić information content (AvgIpc) is 2.95. The fourth-order valence-corrected chi connectivity index (χ4v) is 4.71. The second-order valence-electron chi connectivity index (χ2n) is 10.8. The molecule has 41 heavy (non-hydrogen) atoms. The number of carbonyl (C=O) groups is 2. The van der Waals surface area contributed by atoms with Gasteiger partial charge in [-0.3, -0.25) is 0 Å². The van der Waals surface area contributed by atoms with E-state index in [0.717, 1.165) is 17.5 Å². The Kier molecular flexibility index (Phi) is 9.65. The number of aldehydes is 1. The van der Waals surface area contributed by atoms with Crippen LogP contribution in [0.5, 0.6) is 0 Å². The van der Waals surface area contributed by atoms with Gasteiger partial charge in [-0.2, -0.15) is 0 Å². The van der Waals surface area contributed by atoms with Gasteiger partial charge in [0.1, 0.15) is 17.7 Å². The molecule has 218 valence electrons. The Bertz CT molecular complexity index is 1360. The normalized spacial score (nSPS) is 13.6. The molecule has 1 N–H and O–H groups in total. The van der Waals surface area contributed by atoms with Crippen molar-refractivity contribution in [3.05, 3.63) is 65.1 Å². The van der Waals surface area contributed by atoms with E-state index in [-0.39, 0.29) is 19.1 Å². The quantitative estimate of drug-likeness (QED) is 0.325. The minimum atomic E-state index is -0.519. The number of nitrogens with zero attached hydrogens (tertiary/aromatic N) is 5. The van der Waals surface area contributed by atoms with Crippen LogP contribution in [0.4, 0.5) is 26.4 Å².